The highest BCUT2D eigenvalue weighted by Gasteiger charge is 2.25. The van der Waals surface area contributed by atoms with Crippen molar-refractivity contribution in [3.8, 4) is 11.5 Å². The van der Waals surface area contributed by atoms with Crippen molar-refractivity contribution in [2.75, 3.05) is 39.9 Å². The lowest BCUT2D eigenvalue weighted by atomic mass is 10.1. The molecule has 6 nitrogen and oxygen atoms in total. The van der Waals surface area contributed by atoms with E-state index in [4.69, 9.17) is 9.47 Å². The van der Waals surface area contributed by atoms with Gasteiger partial charge in [-0.2, -0.15) is 0 Å². The second-order valence-corrected chi connectivity index (χ2v) is 7.52. The highest BCUT2D eigenvalue weighted by molar-refractivity contribution is 7.12. The number of carbonyl (C=O) groups is 2. The number of methoxy groups -OCH3 is 1. The van der Waals surface area contributed by atoms with E-state index < -0.39 is 0 Å². The molecule has 1 aromatic heterocycles. The van der Waals surface area contributed by atoms with Crippen LogP contribution in [-0.2, 0) is 11.2 Å². The highest BCUT2D eigenvalue weighted by Crippen LogP contribution is 2.28. The van der Waals surface area contributed by atoms with Crippen molar-refractivity contribution in [3.05, 3.63) is 46.2 Å². The lowest BCUT2D eigenvalue weighted by Crippen LogP contribution is -2.50. The summed E-state index contributed by atoms with van der Waals surface area (Å²) in [5.74, 6) is 1.58. The van der Waals surface area contributed by atoms with Gasteiger partial charge >= 0.3 is 0 Å². The van der Waals surface area contributed by atoms with Gasteiger partial charge in [0.1, 0.15) is 0 Å². The van der Waals surface area contributed by atoms with Crippen molar-refractivity contribution in [1.29, 1.82) is 0 Å². The molecule has 0 atom stereocenters. The lowest BCUT2D eigenvalue weighted by Gasteiger charge is -2.34. The number of rotatable bonds is 7. The standard InChI is InChI=1S/C21H26N2O4S/c1-3-27-17-8-6-16(15-18(17)26-2)7-9-20(24)22-10-12-23(13-11-22)21(25)19-5-4-14-28-19/h4-6,8,14-15H,3,7,9-13H2,1-2H3. The van der Waals surface area contributed by atoms with E-state index >= 15 is 0 Å². The van der Waals surface area contributed by atoms with Crippen LogP contribution in [0.5, 0.6) is 11.5 Å². The molecule has 1 aliphatic rings. The van der Waals surface area contributed by atoms with Crippen LogP contribution in [0.1, 0.15) is 28.6 Å². The number of nitrogens with zero attached hydrogens (tertiary/aromatic N) is 2. The molecule has 28 heavy (non-hydrogen) atoms. The van der Waals surface area contributed by atoms with Gasteiger partial charge in [0, 0.05) is 32.6 Å². The number of hydrogen-bond acceptors (Lipinski definition) is 5. The first-order valence-corrected chi connectivity index (χ1v) is 10.4. The molecule has 1 aliphatic heterocycles. The third-order valence-electron chi connectivity index (χ3n) is 4.81. The molecule has 7 heteroatoms. The summed E-state index contributed by atoms with van der Waals surface area (Å²) < 4.78 is 10.9. The largest absolute Gasteiger partial charge is 0.493 e. The average molecular weight is 403 g/mol. The van der Waals surface area contributed by atoms with E-state index in [1.807, 2.05) is 52.4 Å². The van der Waals surface area contributed by atoms with Gasteiger partial charge in [-0.3, -0.25) is 9.59 Å². The molecule has 0 radical (unpaired) electrons. The molecule has 2 heterocycles. The number of thiophene rings is 1. The lowest BCUT2D eigenvalue weighted by molar-refractivity contribution is -0.132. The summed E-state index contributed by atoms with van der Waals surface area (Å²) in [5.41, 5.74) is 1.04. The normalized spacial score (nSPS) is 14.1. The van der Waals surface area contributed by atoms with Crippen LogP contribution in [0.2, 0.25) is 0 Å². The Morgan fingerprint density at radius 3 is 2.46 bits per heavy atom. The first-order valence-electron chi connectivity index (χ1n) is 9.52. The maximum atomic E-state index is 12.6. The van der Waals surface area contributed by atoms with Crippen LogP contribution >= 0.6 is 11.3 Å². The van der Waals surface area contributed by atoms with E-state index in [0.29, 0.717) is 57.1 Å². The minimum absolute atomic E-state index is 0.0589. The third-order valence-corrected chi connectivity index (χ3v) is 5.66. The highest BCUT2D eigenvalue weighted by atomic mass is 32.1. The molecule has 2 amide bonds. The number of carbonyl (C=O) groups excluding carboxylic acids is 2. The quantitative estimate of drug-likeness (QED) is 0.714. The van der Waals surface area contributed by atoms with Crippen LogP contribution in [0.25, 0.3) is 0 Å². The SMILES string of the molecule is CCOc1ccc(CCC(=O)N2CCN(C(=O)c3cccs3)CC2)cc1OC. The van der Waals surface area contributed by atoms with Gasteiger partial charge in [-0.25, -0.2) is 0 Å². The van der Waals surface area contributed by atoms with Crippen molar-refractivity contribution in [2.45, 2.75) is 19.8 Å². The van der Waals surface area contributed by atoms with Crippen molar-refractivity contribution in [3.63, 3.8) is 0 Å². The Hall–Kier alpha value is -2.54. The first-order chi connectivity index (χ1) is 13.6. The predicted octanol–water partition coefficient (Wildman–Crippen LogP) is 3.07. The van der Waals surface area contributed by atoms with Crippen molar-refractivity contribution in [1.82, 2.24) is 9.80 Å². The summed E-state index contributed by atoms with van der Waals surface area (Å²) in [6, 6.07) is 9.51. The number of ether oxygens (including phenoxy) is 2. The fourth-order valence-electron chi connectivity index (χ4n) is 3.27. The number of hydrogen-bond donors (Lipinski definition) is 0. The van der Waals surface area contributed by atoms with Gasteiger partial charge in [-0.15, -0.1) is 11.3 Å². The van der Waals surface area contributed by atoms with Crippen LogP contribution in [0, 0.1) is 0 Å². The molecule has 3 rings (SSSR count). The maximum absolute atomic E-state index is 12.6. The molecular weight excluding hydrogens is 376 g/mol. The van der Waals surface area contributed by atoms with Gasteiger partial charge in [0.05, 0.1) is 18.6 Å². The molecule has 0 aliphatic carbocycles. The number of benzene rings is 1. The van der Waals surface area contributed by atoms with Gasteiger partial charge in [0.15, 0.2) is 11.5 Å². The Kier molecular flexibility index (Phi) is 6.92. The van der Waals surface area contributed by atoms with Crippen LogP contribution in [0.15, 0.2) is 35.7 Å². The van der Waals surface area contributed by atoms with Crippen LogP contribution in [0.3, 0.4) is 0 Å². The second kappa shape index (κ2) is 9.59. The van der Waals surface area contributed by atoms with Crippen LogP contribution in [-0.4, -0.2) is 61.5 Å². The van der Waals surface area contributed by atoms with E-state index in [0.717, 1.165) is 10.4 Å². The Morgan fingerprint density at radius 1 is 1.07 bits per heavy atom. The van der Waals surface area contributed by atoms with Crippen molar-refractivity contribution < 1.29 is 19.1 Å². The van der Waals surface area contributed by atoms with Gasteiger partial charge in [-0.05, 0) is 42.5 Å². The van der Waals surface area contributed by atoms with E-state index in [-0.39, 0.29) is 11.8 Å². The zero-order valence-electron chi connectivity index (χ0n) is 16.3. The molecule has 0 unspecified atom stereocenters. The summed E-state index contributed by atoms with van der Waals surface area (Å²) in [7, 11) is 1.61. The Labute approximate surface area is 169 Å². The second-order valence-electron chi connectivity index (χ2n) is 6.57. The van der Waals surface area contributed by atoms with Gasteiger partial charge in [-0.1, -0.05) is 12.1 Å². The monoisotopic (exact) mass is 402 g/mol. The molecule has 2 aromatic rings. The fourth-order valence-corrected chi connectivity index (χ4v) is 3.96. The average Bonchev–Trinajstić information content (AvgIpc) is 3.27. The fraction of sp³-hybridized carbons (Fsp3) is 0.429. The predicted molar refractivity (Wildman–Crippen MR) is 109 cm³/mol. The Balaban J connectivity index is 1.49. The van der Waals surface area contributed by atoms with Gasteiger partial charge in [0.25, 0.3) is 5.91 Å². The molecule has 150 valence electrons. The van der Waals surface area contributed by atoms with Gasteiger partial charge < -0.3 is 19.3 Å². The molecule has 1 fully saturated rings. The minimum Gasteiger partial charge on any atom is -0.493 e. The molecule has 0 bridgehead atoms. The summed E-state index contributed by atoms with van der Waals surface area (Å²) in [5, 5.41) is 1.91. The first kappa shape index (κ1) is 20.2. The number of amides is 2. The summed E-state index contributed by atoms with van der Waals surface area (Å²) >= 11 is 1.45. The Bertz CT molecular complexity index is 799. The summed E-state index contributed by atoms with van der Waals surface area (Å²) in [4.78, 5) is 29.4. The van der Waals surface area contributed by atoms with E-state index in [2.05, 4.69) is 0 Å². The van der Waals surface area contributed by atoms with Crippen molar-refractivity contribution in [2.24, 2.45) is 0 Å². The molecule has 1 aromatic carbocycles. The number of aryl methyl sites for hydroxylation is 1. The van der Waals surface area contributed by atoms with Crippen molar-refractivity contribution >= 4 is 23.2 Å². The Morgan fingerprint density at radius 2 is 1.82 bits per heavy atom. The molecule has 0 N–H and O–H groups in total. The molecule has 0 spiro atoms. The maximum Gasteiger partial charge on any atom is 0.264 e. The molecular formula is C21H26N2O4S. The number of piperazine rings is 1. The molecule has 0 saturated carbocycles. The smallest absolute Gasteiger partial charge is 0.264 e. The zero-order chi connectivity index (χ0) is 19.9. The van der Waals surface area contributed by atoms with Crippen LogP contribution < -0.4 is 9.47 Å². The van der Waals surface area contributed by atoms with E-state index in [1.54, 1.807) is 7.11 Å². The van der Waals surface area contributed by atoms with E-state index in [1.165, 1.54) is 11.3 Å². The molecule has 1 saturated heterocycles. The summed E-state index contributed by atoms with van der Waals surface area (Å²) in [6.07, 6.45) is 1.09. The third kappa shape index (κ3) is 4.84. The van der Waals surface area contributed by atoms with Crippen LogP contribution in [0.4, 0.5) is 0 Å². The van der Waals surface area contributed by atoms with Gasteiger partial charge in [0.2, 0.25) is 5.91 Å². The topological polar surface area (TPSA) is 59.1 Å². The zero-order valence-corrected chi connectivity index (χ0v) is 17.2. The summed E-state index contributed by atoms with van der Waals surface area (Å²) in [6.45, 7) is 4.85. The minimum atomic E-state index is 0.0589. The van der Waals surface area contributed by atoms with E-state index in [9.17, 15) is 9.59 Å².